The van der Waals surface area contributed by atoms with Gasteiger partial charge in [-0.25, -0.2) is 0 Å². The van der Waals surface area contributed by atoms with Crippen molar-refractivity contribution < 1.29 is 14.6 Å². The van der Waals surface area contributed by atoms with Crippen LogP contribution in [-0.2, 0) is 0 Å². The molecule has 0 heterocycles. The van der Waals surface area contributed by atoms with Crippen molar-refractivity contribution in [1.82, 2.24) is 0 Å². The minimum Gasteiger partial charge on any atom is -0.493 e. The number of nitrogens with two attached hydrogens (primary N) is 1. The van der Waals surface area contributed by atoms with Gasteiger partial charge in [-0.15, -0.1) is 12.4 Å². The predicted molar refractivity (Wildman–Crippen MR) is 79.3 cm³/mol. The number of halogens is 1. The van der Waals surface area contributed by atoms with E-state index in [0.29, 0.717) is 30.9 Å². The quantitative estimate of drug-likeness (QED) is 0.810. The topological polar surface area (TPSA) is 64.7 Å². The van der Waals surface area contributed by atoms with Gasteiger partial charge >= 0.3 is 0 Å². The first kappa shape index (κ1) is 18.0. The molecule has 2 unspecified atom stereocenters. The summed E-state index contributed by atoms with van der Waals surface area (Å²) in [5.41, 5.74) is 7.02. The highest BCUT2D eigenvalue weighted by atomic mass is 35.5. The van der Waals surface area contributed by atoms with Crippen molar-refractivity contribution in [3.05, 3.63) is 23.8 Å². The van der Waals surface area contributed by atoms with E-state index in [9.17, 15) is 5.11 Å². The second kappa shape index (κ2) is 9.02. The molecule has 2 atom stereocenters. The normalized spacial score (nSPS) is 13.3. The van der Waals surface area contributed by atoms with Crippen molar-refractivity contribution in [1.29, 1.82) is 0 Å². The molecule has 0 aliphatic carbocycles. The molecule has 0 fully saturated rings. The number of rotatable bonds is 7. The molecule has 0 saturated carbocycles. The first-order valence-electron chi connectivity index (χ1n) is 6.36. The Labute approximate surface area is 121 Å². The molecule has 0 saturated heterocycles. The first-order valence-corrected chi connectivity index (χ1v) is 6.36. The lowest BCUT2D eigenvalue weighted by Gasteiger charge is -2.17. The van der Waals surface area contributed by atoms with E-state index in [1.54, 1.807) is 7.11 Å². The van der Waals surface area contributed by atoms with Gasteiger partial charge in [-0.1, -0.05) is 13.0 Å². The van der Waals surface area contributed by atoms with Crippen LogP contribution in [0.1, 0.15) is 38.3 Å². The fourth-order valence-electron chi connectivity index (χ4n) is 1.79. The molecule has 1 aromatic rings. The molecule has 1 rings (SSSR count). The van der Waals surface area contributed by atoms with Crippen molar-refractivity contribution in [2.45, 2.75) is 38.8 Å². The molecular formula is C14H24ClNO3. The van der Waals surface area contributed by atoms with Crippen molar-refractivity contribution in [3.8, 4) is 11.5 Å². The number of hydrogen-bond donors (Lipinski definition) is 2. The Morgan fingerprint density at radius 2 is 1.95 bits per heavy atom. The third-order valence-corrected chi connectivity index (χ3v) is 2.91. The maximum Gasteiger partial charge on any atom is 0.161 e. The Kier molecular flexibility index (Phi) is 8.56. The average molecular weight is 290 g/mol. The molecule has 0 bridgehead atoms. The molecule has 0 amide bonds. The van der Waals surface area contributed by atoms with Crippen LogP contribution in [-0.4, -0.2) is 24.9 Å². The number of aliphatic hydroxyl groups is 1. The van der Waals surface area contributed by atoms with Gasteiger partial charge in [0.2, 0.25) is 0 Å². The largest absolute Gasteiger partial charge is 0.493 e. The molecule has 0 aliphatic heterocycles. The van der Waals surface area contributed by atoms with E-state index in [1.807, 2.05) is 32.0 Å². The Hall–Kier alpha value is -0.970. The first-order chi connectivity index (χ1) is 8.62. The minimum atomic E-state index is -0.363. The molecule has 0 radical (unpaired) electrons. The van der Waals surface area contributed by atoms with Crippen LogP contribution in [0, 0.1) is 0 Å². The number of aliphatic hydroxyl groups excluding tert-OH is 1. The minimum absolute atomic E-state index is 0. The Morgan fingerprint density at radius 1 is 1.26 bits per heavy atom. The van der Waals surface area contributed by atoms with Crippen LogP contribution in [0.25, 0.3) is 0 Å². The predicted octanol–water partition coefficient (Wildman–Crippen LogP) is 2.68. The van der Waals surface area contributed by atoms with E-state index in [2.05, 4.69) is 0 Å². The van der Waals surface area contributed by atoms with Crippen molar-refractivity contribution in [2.75, 3.05) is 13.7 Å². The third kappa shape index (κ3) is 5.27. The lowest BCUT2D eigenvalue weighted by molar-refractivity contribution is 0.151. The summed E-state index contributed by atoms with van der Waals surface area (Å²) in [6.45, 7) is 4.44. The molecule has 110 valence electrons. The molecule has 0 aliphatic rings. The molecule has 4 nitrogen and oxygen atoms in total. The monoisotopic (exact) mass is 289 g/mol. The van der Waals surface area contributed by atoms with Crippen LogP contribution in [0.15, 0.2) is 18.2 Å². The molecule has 0 aromatic heterocycles. The molecular weight excluding hydrogens is 266 g/mol. The smallest absolute Gasteiger partial charge is 0.161 e. The number of benzene rings is 1. The fourth-order valence-corrected chi connectivity index (χ4v) is 1.79. The molecule has 0 spiro atoms. The highest BCUT2D eigenvalue weighted by Gasteiger charge is 2.14. The van der Waals surface area contributed by atoms with E-state index in [4.69, 9.17) is 15.2 Å². The van der Waals surface area contributed by atoms with Crippen LogP contribution in [0.4, 0.5) is 0 Å². The maximum atomic E-state index is 9.63. The second-order valence-corrected chi connectivity index (χ2v) is 4.25. The van der Waals surface area contributed by atoms with Crippen LogP contribution >= 0.6 is 12.4 Å². The third-order valence-electron chi connectivity index (χ3n) is 2.91. The van der Waals surface area contributed by atoms with Crippen LogP contribution < -0.4 is 15.2 Å². The van der Waals surface area contributed by atoms with Crippen molar-refractivity contribution in [3.63, 3.8) is 0 Å². The van der Waals surface area contributed by atoms with Crippen LogP contribution in [0.2, 0.25) is 0 Å². The van der Waals surface area contributed by atoms with Gasteiger partial charge in [0.1, 0.15) is 0 Å². The zero-order valence-electron chi connectivity index (χ0n) is 11.8. The van der Waals surface area contributed by atoms with E-state index in [0.717, 1.165) is 5.56 Å². The molecule has 1 aromatic carbocycles. The Bertz CT molecular complexity index is 374. The van der Waals surface area contributed by atoms with E-state index >= 15 is 0 Å². The number of ether oxygens (including phenoxy) is 2. The lowest BCUT2D eigenvalue weighted by Crippen LogP contribution is -2.18. The Balaban J connectivity index is 0.00000324. The summed E-state index contributed by atoms with van der Waals surface area (Å²) in [7, 11) is 1.61. The molecule has 3 N–H and O–H groups in total. The summed E-state index contributed by atoms with van der Waals surface area (Å²) in [4.78, 5) is 0. The Morgan fingerprint density at radius 3 is 2.47 bits per heavy atom. The zero-order chi connectivity index (χ0) is 13.5. The van der Waals surface area contributed by atoms with Crippen molar-refractivity contribution >= 4 is 12.4 Å². The van der Waals surface area contributed by atoms with Gasteiger partial charge in [0.05, 0.1) is 19.8 Å². The van der Waals surface area contributed by atoms with Gasteiger partial charge in [0.15, 0.2) is 11.5 Å². The highest BCUT2D eigenvalue weighted by Crippen LogP contribution is 2.31. The summed E-state index contributed by atoms with van der Waals surface area (Å²) >= 11 is 0. The van der Waals surface area contributed by atoms with Gasteiger partial charge < -0.3 is 20.3 Å². The highest BCUT2D eigenvalue weighted by molar-refractivity contribution is 5.85. The van der Waals surface area contributed by atoms with Gasteiger partial charge in [0, 0.05) is 6.04 Å². The summed E-state index contributed by atoms with van der Waals surface area (Å²) in [5, 5.41) is 9.63. The van der Waals surface area contributed by atoms with Gasteiger partial charge in [-0.05, 0) is 37.5 Å². The summed E-state index contributed by atoms with van der Waals surface area (Å²) in [6.07, 6.45) is 0.897. The SMILES string of the molecule is CCOc1cc(C(N)CC(O)CC)ccc1OC.Cl. The molecule has 19 heavy (non-hydrogen) atoms. The standard InChI is InChI=1S/C14H23NO3.ClH/c1-4-11(16)9-12(15)10-6-7-13(17-3)14(8-10)18-5-2;/h6-8,11-12,16H,4-5,9,15H2,1-3H3;1H. The summed E-state index contributed by atoms with van der Waals surface area (Å²) in [6, 6.07) is 5.45. The molecule has 5 heteroatoms. The fraction of sp³-hybridized carbons (Fsp3) is 0.571. The van der Waals surface area contributed by atoms with E-state index < -0.39 is 0 Å². The maximum absolute atomic E-state index is 9.63. The summed E-state index contributed by atoms with van der Waals surface area (Å²) < 4.78 is 10.7. The van der Waals surface area contributed by atoms with E-state index in [1.165, 1.54) is 0 Å². The second-order valence-electron chi connectivity index (χ2n) is 4.25. The zero-order valence-corrected chi connectivity index (χ0v) is 12.6. The van der Waals surface area contributed by atoms with Crippen LogP contribution in [0.3, 0.4) is 0 Å². The van der Waals surface area contributed by atoms with Crippen LogP contribution in [0.5, 0.6) is 11.5 Å². The van der Waals surface area contributed by atoms with Gasteiger partial charge in [0.25, 0.3) is 0 Å². The lowest BCUT2D eigenvalue weighted by atomic mass is 10.00. The van der Waals surface area contributed by atoms with E-state index in [-0.39, 0.29) is 24.6 Å². The number of hydrogen-bond acceptors (Lipinski definition) is 4. The average Bonchev–Trinajstić information content (AvgIpc) is 2.38. The van der Waals surface area contributed by atoms with Crippen molar-refractivity contribution in [2.24, 2.45) is 5.73 Å². The van der Waals surface area contributed by atoms with Gasteiger partial charge in [-0.2, -0.15) is 0 Å². The summed E-state index contributed by atoms with van der Waals surface area (Å²) in [5.74, 6) is 1.39. The van der Waals surface area contributed by atoms with Gasteiger partial charge in [-0.3, -0.25) is 0 Å². The number of methoxy groups -OCH3 is 1.